The smallest absolute Gasteiger partial charge is 0.435 e. The van der Waals surface area contributed by atoms with Crippen molar-refractivity contribution in [2.24, 2.45) is 5.92 Å². The van der Waals surface area contributed by atoms with Crippen molar-refractivity contribution in [3.8, 4) is 0 Å². The molecular weight excluding hydrogens is 319 g/mol. The molecule has 23 heavy (non-hydrogen) atoms. The Morgan fingerprint density at radius 3 is 2.78 bits per heavy atom. The van der Waals surface area contributed by atoms with Gasteiger partial charge in [0.1, 0.15) is 12.6 Å². The number of amides is 1. The number of carboxylic acids is 1. The highest BCUT2D eigenvalue weighted by Crippen LogP contribution is 2.27. The van der Waals surface area contributed by atoms with Gasteiger partial charge in [-0.2, -0.15) is 18.3 Å². The molecular formula is C13H16F3N3O4. The van der Waals surface area contributed by atoms with Crippen LogP contribution in [0.5, 0.6) is 0 Å². The van der Waals surface area contributed by atoms with Crippen LogP contribution >= 0.6 is 0 Å². The Morgan fingerprint density at radius 2 is 2.26 bits per heavy atom. The van der Waals surface area contributed by atoms with E-state index in [0.717, 1.165) is 16.9 Å². The van der Waals surface area contributed by atoms with Gasteiger partial charge >= 0.3 is 12.1 Å². The Hall–Kier alpha value is -2.10. The number of aromatic nitrogens is 2. The van der Waals surface area contributed by atoms with E-state index in [-0.39, 0.29) is 12.5 Å². The number of aliphatic carboxylic acids is 1. The molecule has 1 fully saturated rings. The van der Waals surface area contributed by atoms with Crippen molar-refractivity contribution < 1.29 is 32.6 Å². The van der Waals surface area contributed by atoms with Crippen molar-refractivity contribution in [3.05, 3.63) is 18.0 Å². The van der Waals surface area contributed by atoms with Crippen molar-refractivity contribution in [1.29, 1.82) is 0 Å². The predicted octanol–water partition coefficient (Wildman–Crippen LogP) is 0.898. The lowest BCUT2D eigenvalue weighted by Gasteiger charge is -2.28. The molecule has 2 heterocycles. The SMILES string of the molecule is O=C(Cn1ccc(C(F)(F)F)n1)NC(C(=O)O)C1CCCOC1. The number of nitrogens with zero attached hydrogens (tertiary/aromatic N) is 2. The van der Waals surface area contributed by atoms with Gasteiger partial charge in [-0.05, 0) is 18.9 Å². The van der Waals surface area contributed by atoms with Crippen LogP contribution in [0, 0.1) is 5.92 Å². The first-order valence-corrected chi connectivity index (χ1v) is 6.98. The molecule has 1 amide bonds. The summed E-state index contributed by atoms with van der Waals surface area (Å²) < 4.78 is 43.3. The fourth-order valence-corrected chi connectivity index (χ4v) is 2.38. The van der Waals surface area contributed by atoms with E-state index in [9.17, 15) is 27.9 Å². The fourth-order valence-electron chi connectivity index (χ4n) is 2.38. The predicted molar refractivity (Wildman–Crippen MR) is 70.3 cm³/mol. The van der Waals surface area contributed by atoms with Gasteiger partial charge in [-0.15, -0.1) is 0 Å². The van der Waals surface area contributed by atoms with E-state index in [1.807, 2.05) is 0 Å². The van der Waals surface area contributed by atoms with E-state index < -0.39 is 36.3 Å². The first-order chi connectivity index (χ1) is 10.8. The lowest BCUT2D eigenvalue weighted by Crippen LogP contribution is -2.49. The number of ether oxygens (including phenoxy) is 1. The van der Waals surface area contributed by atoms with Crippen LogP contribution in [0.2, 0.25) is 0 Å². The molecule has 0 radical (unpaired) electrons. The van der Waals surface area contributed by atoms with Gasteiger partial charge in [0.15, 0.2) is 5.69 Å². The Morgan fingerprint density at radius 1 is 1.52 bits per heavy atom. The topological polar surface area (TPSA) is 93.5 Å². The van der Waals surface area contributed by atoms with Gasteiger partial charge in [0.05, 0.1) is 6.61 Å². The van der Waals surface area contributed by atoms with E-state index in [4.69, 9.17) is 4.74 Å². The zero-order valence-corrected chi connectivity index (χ0v) is 12.0. The molecule has 10 heteroatoms. The van der Waals surface area contributed by atoms with Crippen molar-refractivity contribution >= 4 is 11.9 Å². The van der Waals surface area contributed by atoms with Crippen molar-refractivity contribution in [2.75, 3.05) is 13.2 Å². The molecule has 0 spiro atoms. The summed E-state index contributed by atoms with van der Waals surface area (Å²) in [5.41, 5.74) is -1.11. The molecule has 1 aliphatic heterocycles. The summed E-state index contributed by atoms with van der Waals surface area (Å²) in [5.74, 6) is -2.29. The second-order valence-corrected chi connectivity index (χ2v) is 5.26. The van der Waals surface area contributed by atoms with Crippen LogP contribution in [0.4, 0.5) is 13.2 Å². The molecule has 2 atom stereocenters. The maximum absolute atomic E-state index is 12.4. The highest BCUT2D eigenvalue weighted by Gasteiger charge is 2.34. The molecule has 2 rings (SSSR count). The second kappa shape index (κ2) is 6.99. The minimum absolute atomic E-state index is 0.219. The van der Waals surface area contributed by atoms with E-state index in [2.05, 4.69) is 10.4 Å². The summed E-state index contributed by atoms with van der Waals surface area (Å²) in [5, 5.41) is 14.8. The average molecular weight is 335 g/mol. The molecule has 0 aromatic carbocycles. The van der Waals surface area contributed by atoms with Gasteiger partial charge in [-0.25, -0.2) is 4.79 Å². The Balaban J connectivity index is 1.96. The molecule has 0 bridgehead atoms. The molecule has 0 saturated carbocycles. The van der Waals surface area contributed by atoms with Gasteiger partial charge in [-0.3, -0.25) is 9.48 Å². The summed E-state index contributed by atoms with van der Waals surface area (Å²) in [6.07, 6.45) is -2.29. The molecule has 2 unspecified atom stereocenters. The molecule has 1 saturated heterocycles. The molecule has 1 aromatic heterocycles. The molecule has 7 nitrogen and oxygen atoms in total. The van der Waals surface area contributed by atoms with Crippen LogP contribution in [0.3, 0.4) is 0 Å². The number of alkyl halides is 3. The number of rotatable bonds is 5. The summed E-state index contributed by atoms with van der Waals surface area (Å²) in [7, 11) is 0. The largest absolute Gasteiger partial charge is 0.480 e. The lowest BCUT2D eigenvalue weighted by atomic mass is 9.93. The number of hydrogen-bond donors (Lipinski definition) is 2. The number of carbonyl (C=O) groups excluding carboxylic acids is 1. The number of carboxylic acid groups (broad SMARTS) is 1. The number of carbonyl (C=O) groups is 2. The maximum atomic E-state index is 12.4. The average Bonchev–Trinajstić information content (AvgIpc) is 2.94. The molecule has 2 N–H and O–H groups in total. The summed E-state index contributed by atoms with van der Waals surface area (Å²) in [4.78, 5) is 23.2. The quantitative estimate of drug-likeness (QED) is 0.834. The number of hydrogen-bond acceptors (Lipinski definition) is 4. The normalized spacial score (nSPS) is 20.0. The van der Waals surface area contributed by atoms with E-state index in [1.54, 1.807) is 0 Å². The summed E-state index contributed by atoms with van der Waals surface area (Å²) >= 11 is 0. The van der Waals surface area contributed by atoms with Gasteiger partial charge in [0, 0.05) is 18.7 Å². The first kappa shape index (κ1) is 17.3. The van der Waals surface area contributed by atoms with Crippen LogP contribution in [-0.2, 0) is 27.0 Å². The maximum Gasteiger partial charge on any atom is 0.435 e. The van der Waals surface area contributed by atoms with Crippen molar-refractivity contribution in [1.82, 2.24) is 15.1 Å². The van der Waals surface area contributed by atoms with Gasteiger partial charge in [0.2, 0.25) is 5.91 Å². The van der Waals surface area contributed by atoms with Crippen LogP contribution in [-0.4, -0.2) is 46.0 Å². The van der Waals surface area contributed by atoms with Crippen LogP contribution in [0.15, 0.2) is 12.3 Å². The molecule has 1 aliphatic rings. The number of nitrogens with one attached hydrogen (secondary N) is 1. The zero-order valence-electron chi connectivity index (χ0n) is 12.0. The van der Waals surface area contributed by atoms with Crippen LogP contribution in [0.25, 0.3) is 0 Å². The highest BCUT2D eigenvalue weighted by molar-refractivity contribution is 5.83. The minimum atomic E-state index is -4.59. The van der Waals surface area contributed by atoms with E-state index in [0.29, 0.717) is 19.4 Å². The third-order valence-corrected chi connectivity index (χ3v) is 3.49. The number of halogens is 3. The molecule has 0 aliphatic carbocycles. The standard InChI is InChI=1S/C13H16F3N3O4/c14-13(15,16)9-3-4-19(18-9)6-10(20)17-11(12(21)22)8-2-1-5-23-7-8/h3-4,8,11H,1-2,5-7H2,(H,17,20)(H,21,22). The molecule has 1 aromatic rings. The summed E-state index contributed by atoms with van der Waals surface area (Å²) in [6.45, 7) is 0.273. The van der Waals surface area contributed by atoms with Gasteiger partial charge in [0.25, 0.3) is 0 Å². The van der Waals surface area contributed by atoms with E-state index >= 15 is 0 Å². The van der Waals surface area contributed by atoms with Gasteiger partial charge in [-0.1, -0.05) is 0 Å². The van der Waals surface area contributed by atoms with E-state index in [1.165, 1.54) is 0 Å². The first-order valence-electron chi connectivity index (χ1n) is 6.98. The monoisotopic (exact) mass is 335 g/mol. The third kappa shape index (κ3) is 4.68. The highest BCUT2D eigenvalue weighted by atomic mass is 19.4. The van der Waals surface area contributed by atoms with Crippen molar-refractivity contribution in [3.63, 3.8) is 0 Å². The van der Waals surface area contributed by atoms with Gasteiger partial charge < -0.3 is 15.2 Å². The van der Waals surface area contributed by atoms with Crippen molar-refractivity contribution in [2.45, 2.75) is 31.6 Å². The zero-order chi connectivity index (χ0) is 17.0. The molecule has 128 valence electrons. The summed E-state index contributed by atoms with van der Waals surface area (Å²) in [6, 6.07) is -0.392. The second-order valence-electron chi connectivity index (χ2n) is 5.26. The lowest BCUT2D eigenvalue weighted by molar-refractivity contribution is -0.145. The Labute approximate surface area is 129 Å². The van der Waals surface area contributed by atoms with Crippen LogP contribution in [0.1, 0.15) is 18.5 Å². The Kier molecular flexibility index (Phi) is 5.24. The minimum Gasteiger partial charge on any atom is -0.480 e. The van der Waals surface area contributed by atoms with Crippen LogP contribution < -0.4 is 5.32 Å². The fraction of sp³-hybridized carbons (Fsp3) is 0.615. The Bertz CT molecular complexity index is 567. The third-order valence-electron chi connectivity index (χ3n) is 3.49.